The fourth-order valence-electron chi connectivity index (χ4n) is 1.84. The number of hydrogen-bond donors (Lipinski definition) is 2. The second kappa shape index (κ2) is 9.07. The van der Waals surface area contributed by atoms with Crippen molar-refractivity contribution in [2.75, 3.05) is 18.5 Å². The number of halogens is 2. The van der Waals surface area contributed by atoms with Gasteiger partial charge < -0.3 is 20.5 Å². The first-order valence-corrected chi connectivity index (χ1v) is 8.04. The van der Waals surface area contributed by atoms with Gasteiger partial charge in [-0.2, -0.15) is 0 Å². The number of nitrogens with two attached hydrogens (primary N) is 1. The molecule has 0 fully saturated rings. The lowest BCUT2D eigenvalue weighted by atomic mass is 10.2. The molecule has 0 radical (unpaired) electrons. The molecule has 0 bridgehead atoms. The van der Waals surface area contributed by atoms with Crippen molar-refractivity contribution in [3.63, 3.8) is 0 Å². The molecule has 0 spiro atoms. The van der Waals surface area contributed by atoms with Crippen molar-refractivity contribution >= 4 is 46.7 Å². The van der Waals surface area contributed by atoms with Crippen LogP contribution >= 0.6 is 23.2 Å². The SMILES string of the molecule is NC(=O)COc1ccc(C(=O)OCC(=O)Nc2cccc(Cl)c2Cl)cc1. The number of nitrogens with one attached hydrogen (secondary N) is 1. The summed E-state index contributed by atoms with van der Waals surface area (Å²) in [4.78, 5) is 34.4. The van der Waals surface area contributed by atoms with Gasteiger partial charge in [-0.05, 0) is 36.4 Å². The van der Waals surface area contributed by atoms with Crippen LogP contribution in [0.5, 0.6) is 5.75 Å². The maximum atomic E-state index is 11.9. The summed E-state index contributed by atoms with van der Waals surface area (Å²) >= 11 is 11.8. The Bertz CT molecular complexity index is 824. The highest BCUT2D eigenvalue weighted by Crippen LogP contribution is 2.29. The van der Waals surface area contributed by atoms with Crippen molar-refractivity contribution < 1.29 is 23.9 Å². The lowest BCUT2D eigenvalue weighted by Gasteiger charge is -2.09. The van der Waals surface area contributed by atoms with Gasteiger partial charge in [-0.15, -0.1) is 0 Å². The zero-order chi connectivity index (χ0) is 19.1. The molecule has 7 nitrogen and oxygen atoms in total. The molecule has 0 saturated carbocycles. The standard InChI is InChI=1S/C17H14Cl2N2O5/c18-12-2-1-3-13(16(12)19)21-15(23)9-26-17(24)10-4-6-11(7-5-10)25-8-14(20)22/h1-7H,8-9H2,(H2,20,22)(H,21,23). The van der Waals surface area contributed by atoms with Crippen LogP contribution in [-0.4, -0.2) is 31.0 Å². The van der Waals surface area contributed by atoms with E-state index in [0.717, 1.165) is 0 Å². The number of anilines is 1. The molecule has 0 unspecified atom stereocenters. The number of esters is 1. The van der Waals surface area contributed by atoms with Gasteiger partial charge in [0.15, 0.2) is 13.2 Å². The number of hydrogen-bond acceptors (Lipinski definition) is 5. The van der Waals surface area contributed by atoms with E-state index >= 15 is 0 Å². The summed E-state index contributed by atoms with van der Waals surface area (Å²) in [6.07, 6.45) is 0. The van der Waals surface area contributed by atoms with E-state index in [2.05, 4.69) is 5.32 Å². The van der Waals surface area contributed by atoms with Gasteiger partial charge in [-0.3, -0.25) is 9.59 Å². The predicted octanol–water partition coefficient (Wildman–Crippen LogP) is 2.65. The van der Waals surface area contributed by atoms with Gasteiger partial charge in [0, 0.05) is 0 Å². The number of rotatable bonds is 7. The molecule has 9 heteroatoms. The molecule has 26 heavy (non-hydrogen) atoms. The molecular formula is C17H14Cl2N2O5. The summed E-state index contributed by atoms with van der Waals surface area (Å²) in [5, 5.41) is 2.98. The third-order valence-corrected chi connectivity index (χ3v) is 3.85. The van der Waals surface area contributed by atoms with Crippen LogP contribution in [0.4, 0.5) is 5.69 Å². The Morgan fingerprint density at radius 2 is 1.69 bits per heavy atom. The maximum absolute atomic E-state index is 11.9. The molecule has 0 aliphatic carbocycles. The minimum Gasteiger partial charge on any atom is -0.484 e. The summed E-state index contributed by atoms with van der Waals surface area (Å²) in [5.74, 6) is -1.50. The van der Waals surface area contributed by atoms with Crippen LogP contribution in [-0.2, 0) is 14.3 Å². The number of primary amides is 1. The van der Waals surface area contributed by atoms with Gasteiger partial charge in [0.2, 0.25) is 0 Å². The van der Waals surface area contributed by atoms with Gasteiger partial charge in [-0.25, -0.2) is 4.79 Å². The van der Waals surface area contributed by atoms with Crippen molar-refractivity contribution in [3.05, 3.63) is 58.1 Å². The third kappa shape index (κ3) is 5.65. The van der Waals surface area contributed by atoms with E-state index in [1.807, 2.05) is 0 Å². The summed E-state index contributed by atoms with van der Waals surface area (Å²) in [5.41, 5.74) is 5.50. The molecule has 3 N–H and O–H groups in total. The van der Waals surface area contributed by atoms with Crippen molar-refractivity contribution in [3.8, 4) is 5.75 Å². The Hall–Kier alpha value is -2.77. The van der Waals surface area contributed by atoms with Gasteiger partial charge in [-0.1, -0.05) is 29.3 Å². The first-order valence-electron chi connectivity index (χ1n) is 7.29. The van der Waals surface area contributed by atoms with Crippen LogP contribution in [0.25, 0.3) is 0 Å². The van der Waals surface area contributed by atoms with E-state index in [4.69, 9.17) is 38.4 Å². The van der Waals surface area contributed by atoms with E-state index in [0.29, 0.717) is 16.5 Å². The van der Waals surface area contributed by atoms with Crippen LogP contribution in [0.2, 0.25) is 10.0 Å². The maximum Gasteiger partial charge on any atom is 0.338 e. The monoisotopic (exact) mass is 396 g/mol. The molecular weight excluding hydrogens is 383 g/mol. The molecule has 136 valence electrons. The molecule has 0 atom stereocenters. The molecule has 2 rings (SSSR count). The summed E-state index contributed by atoms with van der Waals surface area (Å²) in [6, 6.07) is 10.6. The molecule has 0 saturated heterocycles. The van der Waals surface area contributed by atoms with Crippen molar-refractivity contribution in [2.45, 2.75) is 0 Å². The van der Waals surface area contributed by atoms with Gasteiger partial charge in [0.1, 0.15) is 5.75 Å². The smallest absolute Gasteiger partial charge is 0.338 e. The topological polar surface area (TPSA) is 108 Å². The average Bonchev–Trinajstić information content (AvgIpc) is 2.62. The highest BCUT2D eigenvalue weighted by atomic mass is 35.5. The van der Waals surface area contributed by atoms with Gasteiger partial charge in [0.25, 0.3) is 11.8 Å². The van der Waals surface area contributed by atoms with E-state index in [1.165, 1.54) is 24.3 Å². The van der Waals surface area contributed by atoms with Crippen molar-refractivity contribution in [1.82, 2.24) is 0 Å². The van der Waals surface area contributed by atoms with E-state index in [9.17, 15) is 14.4 Å². The second-order valence-electron chi connectivity index (χ2n) is 5.01. The molecule has 0 aromatic heterocycles. The Balaban J connectivity index is 1.86. The van der Waals surface area contributed by atoms with Crippen LogP contribution in [0, 0.1) is 0 Å². The zero-order valence-electron chi connectivity index (χ0n) is 13.3. The number of benzene rings is 2. The third-order valence-electron chi connectivity index (χ3n) is 3.03. The minimum atomic E-state index is -0.696. The molecule has 0 aliphatic rings. The summed E-state index contributed by atoms with van der Waals surface area (Å²) in [6.45, 7) is -0.766. The lowest BCUT2D eigenvalue weighted by Crippen LogP contribution is -2.21. The average molecular weight is 397 g/mol. The largest absolute Gasteiger partial charge is 0.484 e. The number of carbonyl (C=O) groups is 3. The highest BCUT2D eigenvalue weighted by Gasteiger charge is 2.12. The van der Waals surface area contributed by atoms with Gasteiger partial charge >= 0.3 is 5.97 Å². The number of carbonyl (C=O) groups excluding carboxylic acids is 3. The van der Waals surface area contributed by atoms with E-state index in [-0.39, 0.29) is 17.2 Å². The second-order valence-corrected chi connectivity index (χ2v) is 5.79. The fourth-order valence-corrected chi connectivity index (χ4v) is 2.19. The molecule has 2 aromatic carbocycles. The van der Waals surface area contributed by atoms with Crippen LogP contribution < -0.4 is 15.8 Å². The molecule has 0 heterocycles. The first-order chi connectivity index (χ1) is 12.4. The first kappa shape index (κ1) is 19.6. The van der Waals surface area contributed by atoms with Crippen molar-refractivity contribution in [2.24, 2.45) is 5.73 Å². The van der Waals surface area contributed by atoms with Crippen LogP contribution in [0.1, 0.15) is 10.4 Å². The quantitative estimate of drug-likeness (QED) is 0.699. The lowest BCUT2D eigenvalue weighted by molar-refractivity contribution is -0.120. The molecule has 2 aromatic rings. The normalized spacial score (nSPS) is 10.1. The summed E-state index contributed by atoms with van der Waals surface area (Å²) < 4.78 is 10.0. The van der Waals surface area contributed by atoms with Gasteiger partial charge in [0.05, 0.1) is 21.3 Å². The van der Waals surface area contributed by atoms with E-state index < -0.39 is 24.4 Å². The zero-order valence-corrected chi connectivity index (χ0v) is 14.8. The van der Waals surface area contributed by atoms with E-state index in [1.54, 1.807) is 18.2 Å². The number of amides is 2. The Kier molecular flexibility index (Phi) is 6.82. The predicted molar refractivity (Wildman–Crippen MR) is 96.5 cm³/mol. The highest BCUT2D eigenvalue weighted by molar-refractivity contribution is 6.44. The Morgan fingerprint density at radius 3 is 2.35 bits per heavy atom. The van der Waals surface area contributed by atoms with Crippen LogP contribution in [0.3, 0.4) is 0 Å². The molecule has 0 aliphatic heterocycles. The fraction of sp³-hybridized carbons (Fsp3) is 0.118. The minimum absolute atomic E-state index is 0.195. The Labute approximate surface area is 159 Å². The van der Waals surface area contributed by atoms with Crippen LogP contribution in [0.15, 0.2) is 42.5 Å². The number of ether oxygens (including phenoxy) is 2. The van der Waals surface area contributed by atoms with Crippen molar-refractivity contribution in [1.29, 1.82) is 0 Å². The Morgan fingerprint density at radius 1 is 1.00 bits per heavy atom. The summed E-state index contributed by atoms with van der Waals surface area (Å²) in [7, 11) is 0. The molecule has 2 amide bonds.